The van der Waals surface area contributed by atoms with E-state index in [1.54, 1.807) is 13.0 Å². The maximum Gasteiger partial charge on any atom is 0.254 e. The average Bonchev–Trinajstić information content (AvgIpc) is 3.14. The molecule has 3 atom stereocenters. The van der Waals surface area contributed by atoms with Gasteiger partial charge in [-0.2, -0.15) is 0 Å². The van der Waals surface area contributed by atoms with E-state index in [1.165, 1.54) is 0 Å². The van der Waals surface area contributed by atoms with Crippen molar-refractivity contribution in [1.29, 1.82) is 0 Å². The normalized spacial score (nSPS) is 23.6. The second-order valence-electron chi connectivity index (χ2n) is 5.26. The Morgan fingerprint density at radius 3 is 2.78 bits per heavy atom. The number of hydrogen-bond acceptors (Lipinski definition) is 7. The van der Waals surface area contributed by atoms with Crippen LogP contribution in [0.5, 0.6) is 0 Å². The number of amides is 1. The molecule has 9 heteroatoms. The van der Waals surface area contributed by atoms with Gasteiger partial charge in [-0.3, -0.25) is 14.9 Å². The Kier molecular flexibility index (Phi) is 4.04. The van der Waals surface area contributed by atoms with Gasteiger partial charge in [0.2, 0.25) is 0 Å². The molecule has 3 N–H and O–H groups in total. The summed E-state index contributed by atoms with van der Waals surface area (Å²) in [5, 5.41) is 17.4. The van der Waals surface area contributed by atoms with Gasteiger partial charge in [-0.25, -0.2) is 10.9 Å². The molecule has 1 aliphatic heterocycles. The van der Waals surface area contributed by atoms with Crippen LogP contribution >= 0.6 is 0 Å². The molecule has 1 fully saturated rings. The molecule has 1 aromatic carbocycles. The summed E-state index contributed by atoms with van der Waals surface area (Å²) < 4.78 is 5.18. The Morgan fingerprint density at radius 2 is 2.09 bits per heavy atom. The molecule has 2 aromatic rings. The van der Waals surface area contributed by atoms with E-state index < -0.39 is 29.0 Å². The molecule has 1 amide bonds. The number of nitrogens with one attached hydrogen (secondary N) is 3. The Balaban J connectivity index is 1.71. The molecule has 0 aliphatic carbocycles. The highest BCUT2D eigenvalue weighted by atomic mass is 16.6. The summed E-state index contributed by atoms with van der Waals surface area (Å²) in [4.78, 5) is 22.8. The third kappa shape index (κ3) is 3.05. The standard InChI is InChI=1S/C14H15N5O4/c1-8-13(19(21)22)12(17-16-8)14(20)15-11-7-10(23-18-11)9-5-3-2-4-6-9/h2-8,12-13,16-17H,1H3,(H,15,18,20). The zero-order valence-electron chi connectivity index (χ0n) is 12.2. The van der Waals surface area contributed by atoms with Crippen LogP contribution in [0.1, 0.15) is 6.92 Å². The van der Waals surface area contributed by atoms with Crippen molar-refractivity contribution in [2.24, 2.45) is 0 Å². The predicted octanol–water partition coefficient (Wildman–Crippen LogP) is 0.790. The number of carbonyl (C=O) groups excluding carboxylic acids is 1. The topological polar surface area (TPSA) is 122 Å². The van der Waals surface area contributed by atoms with Gasteiger partial charge in [-0.05, 0) is 6.92 Å². The van der Waals surface area contributed by atoms with Crippen LogP contribution in [-0.4, -0.2) is 34.1 Å². The fraction of sp³-hybridized carbons (Fsp3) is 0.286. The van der Waals surface area contributed by atoms with Crippen molar-refractivity contribution in [2.75, 3.05) is 5.32 Å². The van der Waals surface area contributed by atoms with E-state index in [-0.39, 0.29) is 5.82 Å². The average molecular weight is 317 g/mol. The molecule has 0 bridgehead atoms. The molecule has 0 spiro atoms. The van der Waals surface area contributed by atoms with Crippen molar-refractivity contribution in [3.05, 3.63) is 46.5 Å². The summed E-state index contributed by atoms with van der Waals surface area (Å²) in [5.74, 6) is 0.159. The van der Waals surface area contributed by atoms with Crippen molar-refractivity contribution in [2.45, 2.75) is 25.0 Å². The summed E-state index contributed by atoms with van der Waals surface area (Å²) in [7, 11) is 0. The lowest BCUT2D eigenvalue weighted by Gasteiger charge is -2.12. The summed E-state index contributed by atoms with van der Waals surface area (Å²) >= 11 is 0. The van der Waals surface area contributed by atoms with Crippen LogP contribution in [0.3, 0.4) is 0 Å². The van der Waals surface area contributed by atoms with Crippen LogP contribution < -0.4 is 16.2 Å². The molecular weight excluding hydrogens is 302 g/mol. The molecule has 1 aliphatic rings. The van der Waals surface area contributed by atoms with Gasteiger partial charge >= 0.3 is 0 Å². The third-order valence-electron chi connectivity index (χ3n) is 3.67. The Bertz CT molecular complexity index is 717. The first-order valence-electron chi connectivity index (χ1n) is 7.04. The highest BCUT2D eigenvalue weighted by Crippen LogP contribution is 2.22. The van der Waals surface area contributed by atoms with Gasteiger partial charge in [0.25, 0.3) is 11.9 Å². The minimum absolute atomic E-state index is 0.206. The van der Waals surface area contributed by atoms with Gasteiger partial charge < -0.3 is 9.84 Å². The molecule has 120 valence electrons. The highest BCUT2D eigenvalue weighted by Gasteiger charge is 2.46. The molecule has 3 rings (SSSR count). The van der Waals surface area contributed by atoms with E-state index in [0.29, 0.717) is 5.76 Å². The largest absolute Gasteiger partial charge is 0.354 e. The SMILES string of the molecule is CC1NNC(C(=O)Nc2cc(-c3ccccc3)on2)C1[N+](=O)[O-]. The maximum absolute atomic E-state index is 12.2. The molecule has 0 saturated carbocycles. The van der Waals surface area contributed by atoms with E-state index >= 15 is 0 Å². The molecule has 23 heavy (non-hydrogen) atoms. The number of benzene rings is 1. The van der Waals surface area contributed by atoms with Crippen LogP contribution in [0.4, 0.5) is 5.82 Å². The maximum atomic E-state index is 12.2. The zero-order valence-corrected chi connectivity index (χ0v) is 12.2. The number of hydrogen-bond donors (Lipinski definition) is 3. The lowest BCUT2D eigenvalue weighted by molar-refractivity contribution is -0.522. The van der Waals surface area contributed by atoms with E-state index in [2.05, 4.69) is 21.3 Å². The van der Waals surface area contributed by atoms with Crippen molar-refractivity contribution in [3.8, 4) is 11.3 Å². The van der Waals surface area contributed by atoms with Crippen molar-refractivity contribution >= 4 is 11.7 Å². The number of nitrogens with zero attached hydrogens (tertiary/aromatic N) is 2. The lowest BCUT2D eigenvalue weighted by Crippen LogP contribution is -2.47. The van der Waals surface area contributed by atoms with Gasteiger partial charge in [0.1, 0.15) is 0 Å². The Hall–Kier alpha value is -2.78. The molecule has 0 radical (unpaired) electrons. The van der Waals surface area contributed by atoms with Gasteiger partial charge in [-0.15, -0.1) is 0 Å². The number of anilines is 1. The number of nitro groups is 1. The van der Waals surface area contributed by atoms with Gasteiger partial charge in [-0.1, -0.05) is 35.5 Å². The number of rotatable bonds is 4. The summed E-state index contributed by atoms with van der Waals surface area (Å²) in [6, 6.07) is 8.34. The van der Waals surface area contributed by atoms with Crippen molar-refractivity contribution in [3.63, 3.8) is 0 Å². The molecule has 1 saturated heterocycles. The van der Waals surface area contributed by atoms with E-state index in [1.807, 2.05) is 30.3 Å². The van der Waals surface area contributed by atoms with Crippen LogP contribution in [0.2, 0.25) is 0 Å². The number of aromatic nitrogens is 1. The molecule has 1 aromatic heterocycles. The number of carbonyl (C=O) groups is 1. The number of hydrazine groups is 1. The van der Waals surface area contributed by atoms with E-state index in [9.17, 15) is 14.9 Å². The van der Waals surface area contributed by atoms with Crippen LogP contribution in [0.15, 0.2) is 40.9 Å². The van der Waals surface area contributed by atoms with Gasteiger partial charge in [0, 0.05) is 16.6 Å². The van der Waals surface area contributed by atoms with Crippen LogP contribution in [0.25, 0.3) is 11.3 Å². The van der Waals surface area contributed by atoms with Crippen LogP contribution in [-0.2, 0) is 4.79 Å². The molecule has 3 unspecified atom stereocenters. The fourth-order valence-electron chi connectivity index (χ4n) is 2.48. The zero-order chi connectivity index (χ0) is 16.4. The Morgan fingerprint density at radius 1 is 1.35 bits per heavy atom. The molecule has 9 nitrogen and oxygen atoms in total. The van der Waals surface area contributed by atoms with E-state index in [4.69, 9.17) is 4.52 Å². The first kappa shape index (κ1) is 15.1. The summed E-state index contributed by atoms with van der Waals surface area (Å²) in [6.45, 7) is 1.64. The van der Waals surface area contributed by atoms with Gasteiger partial charge in [0.05, 0.1) is 6.04 Å². The predicted molar refractivity (Wildman–Crippen MR) is 80.9 cm³/mol. The van der Waals surface area contributed by atoms with Gasteiger partial charge in [0.15, 0.2) is 17.6 Å². The quantitative estimate of drug-likeness (QED) is 0.563. The first-order chi connectivity index (χ1) is 11.1. The second-order valence-corrected chi connectivity index (χ2v) is 5.26. The minimum atomic E-state index is -1.06. The first-order valence-corrected chi connectivity index (χ1v) is 7.04. The fourth-order valence-corrected chi connectivity index (χ4v) is 2.48. The monoisotopic (exact) mass is 317 g/mol. The lowest BCUT2D eigenvalue weighted by atomic mass is 10.0. The minimum Gasteiger partial charge on any atom is -0.354 e. The smallest absolute Gasteiger partial charge is 0.254 e. The van der Waals surface area contributed by atoms with Crippen molar-refractivity contribution < 1.29 is 14.2 Å². The summed E-state index contributed by atoms with van der Waals surface area (Å²) in [5.41, 5.74) is 6.15. The van der Waals surface area contributed by atoms with Crippen LogP contribution in [0, 0.1) is 10.1 Å². The second kappa shape index (κ2) is 6.15. The summed E-state index contributed by atoms with van der Waals surface area (Å²) in [6.07, 6.45) is 0. The third-order valence-corrected chi connectivity index (χ3v) is 3.67. The Labute approximate surface area is 131 Å². The highest BCUT2D eigenvalue weighted by molar-refractivity contribution is 5.95. The molecule has 2 heterocycles. The molecular formula is C14H15N5O4. The van der Waals surface area contributed by atoms with Crippen molar-refractivity contribution in [1.82, 2.24) is 16.0 Å². The van der Waals surface area contributed by atoms with E-state index in [0.717, 1.165) is 5.56 Å².